The number of aryl methyl sites for hydroxylation is 1. The lowest BCUT2D eigenvalue weighted by Gasteiger charge is -2.46. The molecular weight excluding hydrogens is 397 g/mol. The Labute approximate surface area is 172 Å². The standard InChI is InChI=1S/C22H23F3N2O3/c1-15-6-5-7-16(12-15)20(30)26-21(17-8-3-2-4-9-17)10-11-27(14-18(21)28)19(29)13-22(23,24)25/h2-9,12,18,28H,10-11,13-14H2,1H3,(H,26,30)/t18-,21-/m1/s1. The van der Waals surface area contributed by atoms with Crippen LogP contribution in [-0.2, 0) is 10.3 Å². The molecule has 1 aliphatic heterocycles. The maximum absolute atomic E-state index is 12.9. The highest BCUT2D eigenvalue weighted by atomic mass is 19.4. The number of alkyl halides is 3. The van der Waals surface area contributed by atoms with E-state index in [1.54, 1.807) is 48.5 Å². The first-order valence-electron chi connectivity index (χ1n) is 9.58. The van der Waals surface area contributed by atoms with Gasteiger partial charge in [-0.3, -0.25) is 9.59 Å². The van der Waals surface area contributed by atoms with Crippen LogP contribution in [-0.4, -0.2) is 47.2 Å². The van der Waals surface area contributed by atoms with Gasteiger partial charge < -0.3 is 15.3 Å². The summed E-state index contributed by atoms with van der Waals surface area (Å²) in [6.07, 6.45) is -7.39. The minimum Gasteiger partial charge on any atom is -0.388 e. The van der Waals surface area contributed by atoms with Crippen molar-refractivity contribution >= 4 is 11.8 Å². The van der Waals surface area contributed by atoms with E-state index in [1.807, 2.05) is 13.0 Å². The Balaban J connectivity index is 1.87. The second-order valence-electron chi connectivity index (χ2n) is 7.56. The first-order valence-corrected chi connectivity index (χ1v) is 9.58. The summed E-state index contributed by atoms with van der Waals surface area (Å²) in [5.41, 5.74) is 0.705. The largest absolute Gasteiger partial charge is 0.397 e. The van der Waals surface area contributed by atoms with E-state index in [-0.39, 0.29) is 19.5 Å². The number of carbonyl (C=O) groups excluding carboxylic acids is 2. The fraction of sp³-hybridized carbons (Fsp3) is 0.364. The van der Waals surface area contributed by atoms with Gasteiger partial charge in [0, 0.05) is 18.7 Å². The SMILES string of the molecule is Cc1cccc(C(=O)N[C@@]2(c3ccccc3)CCN(C(=O)CC(F)(F)F)C[C@H]2O)c1. The molecule has 0 unspecified atom stereocenters. The number of aliphatic hydroxyl groups is 1. The summed E-state index contributed by atoms with van der Waals surface area (Å²) in [6.45, 7) is 1.52. The number of halogens is 3. The van der Waals surface area contributed by atoms with Gasteiger partial charge in [-0.1, -0.05) is 48.0 Å². The van der Waals surface area contributed by atoms with Crippen molar-refractivity contribution in [1.29, 1.82) is 0 Å². The zero-order chi connectivity index (χ0) is 21.9. The van der Waals surface area contributed by atoms with E-state index in [2.05, 4.69) is 5.32 Å². The van der Waals surface area contributed by atoms with E-state index in [9.17, 15) is 27.9 Å². The number of hydrogen-bond acceptors (Lipinski definition) is 3. The van der Waals surface area contributed by atoms with Gasteiger partial charge in [-0.15, -0.1) is 0 Å². The van der Waals surface area contributed by atoms with Crippen LogP contribution in [0.2, 0.25) is 0 Å². The predicted octanol–water partition coefficient (Wildman–Crippen LogP) is 3.17. The van der Waals surface area contributed by atoms with Gasteiger partial charge in [0.15, 0.2) is 0 Å². The first-order chi connectivity index (χ1) is 14.1. The van der Waals surface area contributed by atoms with Crippen LogP contribution in [0.3, 0.4) is 0 Å². The van der Waals surface area contributed by atoms with Crippen molar-refractivity contribution in [2.75, 3.05) is 13.1 Å². The van der Waals surface area contributed by atoms with Crippen LogP contribution in [0.25, 0.3) is 0 Å². The van der Waals surface area contributed by atoms with E-state index < -0.39 is 36.1 Å². The summed E-state index contributed by atoms with van der Waals surface area (Å²) in [5.74, 6) is -1.50. The number of aliphatic hydroxyl groups excluding tert-OH is 1. The number of rotatable bonds is 4. The molecule has 2 atom stereocenters. The summed E-state index contributed by atoms with van der Waals surface area (Å²) >= 11 is 0. The fourth-order valence-electron chi connectivity index (χ4n) is 3.79. The van der Waals surface area contributed by atoms with E-state index in [0.29, 0.717) is 11.1 Å². The van der Waals surface area contributed by atoms with Crippen LogP contribution >= 0.6 is 0 Å². The zero-order valence-corrected chi connectivity index (χ0v) is 16.4. The molecule has 0 aromatic heterocycles. The number of benzene rings is 2. The third-order valence-electron chi connectivity index (χ3n) is 5.35. The third kappa shape index (κ3) is 4.81. The maximum Gasteiger partial charge on any atom is 0.397 e. The summed E-state index contributed by atoms with van der Waals surface area (Å²) in [4.78, 5) is 25.9. The van der Waals surface area contributed by atoms with Crippen LogP contribution in [0.15, 0.2) is 54.6 Å². The zero-order valence-electron chi connectivity index (χ0n) is 16.4. The van der Waals surface area contributed by atoms with Crippen LogP contribution in [0, 0.1) is 6.92 Å². The molecule has 0 spiro atoms. The minimum absolute atomic E-state index is 0.0189. The quantitative estimate of drug-likeness (QED) is 0.799. The molecular formula is C22H23F3N2O3. The maximum atomic E-state index is 12.9. The Morgan fingerprint density at radius 1 is 1.17 bits per heavy atom. The molecule has 1 saturated heterocycles. The molecule has 5 nitrogen and oxygen atoms in total. The highest BCUT2D eigenvalue weighted by Gasteiger charge is 2.47. The van der Waals surface area contributed by atoms with Gasteiger partial charge in [-0.05, 0) is 31.0 Å². The first kappa shape index (κ1) is 21.8. The molecule has 1 aliphatic rings. The topological polar surface area (TPSA) is 69.6 Å². The molecule has 160 valence electrons. The highest BCUT2D eigenvalue weighted by Crippen LogP contribution is 2.35. The second kappa shape index (κ2) is 8.47. The number of nitrogens with one attached hydrogen (secondary N) is 1. The highest BCUT2D eigenvalue weighted by molar-refractivity contribution is 5.95. The Morgan fingerprint density at radius 2 is 1.87 bits per heavy atom. The van der Waals surface area contributed by atoms with Crippen LogP contribution in [0.5, 0.6) is 0 Å². The van der Waals surface area contributed by atoms with E-state index in [1.165, 1.54) is 0 Å². The molecule has 0 radical (unpaired) electrons. The normalized spacial score (nSPS) is 21.9. The lowest BCUT2D eigenvalue weighted by molar-refractivity contribution is -0.165. The van der Waals surface area contributed by atoms with Crippen molar-refractivity contribution in [2.45, 2.75) is 37.6 Å². The number of β-amino-alcohol motifs (C(OH)–C–C–N with tert-alkyl or cyclic N) is 1. The van der Waals surface area contributed by atoms with E-state index in [4.69, 9.17) is 0 Å². The average molecular weight is 420 g/mol. The molecule has 2 amide bonds. The van der Waals surface area contributed by atoms with Crippen molar-refractivity contribution in [3.63, 3.8) is 0 Å². The number of nitrogens with zero attached hydrogens (tertiary/aromatic N) is 1. The average Bonchev–Trinajstić information content (AvgIpc) is 2.69. The van der Waals surface area contributed by atoms with Gasteiger partial charge in [-0.25, -0.2) is 0 Å². The Morgan fingerprint density at radius 3 is 2.47 bits per heavy atom. The molecule has 3 rings (SSSR count). The lowest BCUT2D eigenvalue weighted by atomic mass is 9.78. The molecule has 2 aromatic rings. The molecule has 2 aromatic carbocycles. The molecule has 1 heterocycles. The lowest BCUT2D eigenvalue weighted by Crippen LogP contribution is -2.62. The van der Waals surface area contributed by atoms with Crippen LogP contribution in [0.1, 0.15) is 34.3 Å². The van der Waals surface area contributed by atoms with Crippen molar-refractivity contribution in [1.82, 2.24) is 10.2 Å². The van der Waals surface area contributed by atoms with Crippen molar-refractivity contribution < 1.29 is 27.9 Å². The van der Waals surface area contributed by atoms with Gasteiger partial charge in [0.05, 0.1) is 11.6 Å². The summed E-state index contributed by atoms with van der Waals surface area (Å²) in [5, 5.41) is 13.9. The number of piperidine rings is 1. The van der Waals surface area contributed by atoms with Gasteiger partial charge >= 0.3 is 6.18 Å². The molecule has 0 saturated carbocycles. The fourth-order valence-corrected chi connectivity index (χ4v) is 3.79. The Hall–Kier alpha value is -2.87. The van der Waals surface area contributed by atoms with E-state index in [0.717, 1.165) is 10.5 Å². The number of hydrogen-bond donors (Lipinski definition) is 2. The number of amides is 2. The van der Waals surface area contributed by atoms with Crippen molar-refractivity contribution in [3.8, 4) is 0 Å². The third-order valence-corrected chi connectivity index (χ3v) is 5.35. The van der Waals surface area contributed by atoms with E-state index >= 15 is 0 Å². The smallest absolute Gasteiger partial charge is 0.388 e. The van der Waals surface area contributed by atoms with Crippen LogP contribution in [0.4, 0.5) is 13.2 Å². The molecule has 0 bridgehead atoms. The summed E-state index contributed by atoms with van der Waals surface area (Å²) in [7, 11) is 0. The molecule has 1 fully saturated rings. The second-order valence-corrected chi connectivity index (χ2v) is 7.56. The Kier molecular flexibility index (Phi) is 6.17. The number of likely N-dealkylation sites (tertiary alicyclic amines) is 1. The van der Waals surface area contributed by atoms with Crippen LogP contribution < -0.4 is 5.32 Å². The van der Waals surface area contributed by atoms with Gasteiger partial charge in [0.2, 0.25) is 5.91 Å². The number of carbonyl (C=O) groups is 2. The van der Waals surface area contributed by atoms with Gasteiger partial charge in [0.1, 0.15) is 6.42 Å². The van der Waals surface area contributed by atoms with Gasteiger partial charge in [-0.2, -0.15) is 13.2 Å². The molecule has 8 heteroatoms. The molecule has 2 N–H and O–H groups in total. The monoisotopic (exact) mass is 420 g/mol. The van der Waals surface area contributed by atoms with Gasteiger partial charge in [0.25, 0.3) is 5.91 Å². The predicted molar refractivity (Wildman–Crippen MR) is 105 cm³/mol. The van der Waals surface area contributed by atoms with Crippen molar-refractivity contribution in [3.05, 3.63) is 71.3 Å². The molecule has 30 heavy (non-hydrogen) atoms. The Bertz CT molecular complexity index is 917. The molecule has 0 aliphatic carbocycles. The summed E-state index contributed by atoms with van der Waals surface area (Å²) < 4.78 is 37.8. The minimum atomic E-state index is -4.62. The summed E-state index contributed by atoms with van der Waals surface area (Å²) in [6, 6.07) is 15.7. The van der Waals surface area contributed by atoms with Crippen molar-refractivity contribution in [2.24, 2.45) is 0 Å².